The van der Waals surface area contributed by atoms with Crippen molar-refractivity contribution in [3.8, 4) is 0 Å². The van der Waals surface area contributed by atoms with E-state index >= 15 is 0 Å². The van der Waals surface area contributed by atoms with Crippen LogP contribution in [0, 0.1) is 0 Å². The Morgan fingerprint density at radius 2 is 1.36 bits per heavy atom. The van der Waals surface area contributed by atoms with E-state index in [2.05, 4.69) is 41.4 Å². The van der Waals surface area contributed by atoms with Crippen LogP contribution in [0.25, 0.3) is 0 Å². The summed E-state index contributed by atoms with van der Waals surface area (Å²) in [6.07, 6.45) is -1.13. The van der Waals surface area contributed by atoms with Crippen molar-refractivity contribution in [3.63, 3.8) is 0 Å². The molecular formula is C27H27NO4S. The maximum absolute atomic E-state index is 6.32. The smallest absolute Gasteiger partial charge is 0.249 e. The highest BCUT2D eigenvalue weighted by Crippen LogP contribution is 2.35. The Hall–Kier alpha value is -2.64. The van der Waals surface area contributed by atoms with Crippen molar-refractivity contribution in [3.05, 3.63) is 108 Å². The quantitative estimate of drug-likeness (QED) is 0.438. The molecule has 170 valence electrons. The highest BCUT2D eigenvalue weighted by atomic mass is 32.2. The maximum atomic E-state index is 6.32. The Labute approximate surface area is 198 Å². The summed E-state index contributed by atoms with van der Waals surface area (Å²) in [7, 11) is 0. The second kappa shape index (κ2) is 11.0. The molecule has 1 saturated heterocycles. The van der Waals surface area contributed by atoms with Crippen LogP contribution in [0.1, 0.15) is 16.7 Å². The van der Waals surface area contributed by atoms with Gasteiger partial charge in [0.2, 0.25) is 5.23 Å². The molecule has 3 aromatic carbocycles. The molecule has 0 spiro atoms. The van der Waals surface area contributed by atoms with Gasteiger partial charge in [0.15, 0.2) is 12.3 Å². The lowest BCUT2D eigenvalue weighted by atomic mass is 10.1. The summed E-state index contributed by atoms with van der Waals surface area (Å²) in [6.45, 7) is 1.44. The van der Waals surface area contributed by atoms with Crippen molar-refractivity contribution >= 4 is 17.0 Å². The second-order valence-corrected chi connectivity index (χ2v) is 9.01. The zero-order chi connectivity index (χ0) is 22.3. The number of nitrogens with zero attached hydrogens (tertiary/aromatic N) is 1. The van der Waals surface area contributed by atoms with Gasteiger partial charge in [-0.05, 0) is 16.7 Å². The van der Waals surface area contributed by atoms with E-state index in [4.69, 9.17) is 18.9 Å². The van der Waals surface area contributed by atoms with Gasteiger partial charge in [-0.1, -0.05) is 103 Å². The van der Waals surface area contributed by atoms with Crippen LogP contribution in [0.3, 0.4) is 0 Å². The molecule has 0 aromatic heterocycles. The van der Waals surface area contributed by atoms with Gasteiger partial charge >= 0.3 is 0 Å². The van der Waals surface area contributed by atoms with Crippen LogP contribution >= 0.6 is 11.8 Å². The van der Waals surface area contributed by atoms with E-state index in [9.17, 15) is 0 Å². The van der Waals surface area contributed by atoms with Crippen molar-refractivity contribution in [1.29, 1.82) is 0 Å². The molecule has 0 N–H and O–H groups in total. The summed E-state index contributed by atoms with van der Waals surface area (Å²) in [5, 5.41) is 0.658. The minimum absolute atomic E-state index is 0.239. The number of thioether (sulfide) groups is 1. The van der Waals surface area contributed by atoms with Gasteiger partial charge < -0.3 is 18.9 Å². The molecule has 6 heteroatoms. The van der Waals surface area contributed by atoms with E-state index in [1.165, 1.54) is 5.56 Å². The van der Waals surface area contributed by atoms with Crippen LogP contribution < -0.4 is 0 Å². The van der Waals surface area contributed by atoms with Crippen LogP contribution in [-0.4, -0.2) is 36.4 Å². The van der Waals surface area contributed by atoms with E-state index < -0.39 is 0 Å². The number of aliphatic imine (C=N–C) groups is 1. The normalized spacial score (nSPS) is 23.7. The van der Waals surface area contributed by atoms with Crippen molar-refractivity contribution in [2.45, 2.75) is 43.5 Å². The summed E-state index contributed by atoms with van der Waals surface area (Å²) in [5.74, 6) is 0.804. The molecule has 0 saturated carbocycles. The fourth-order valence-electron chi connectivity index (χ4n) is 3.95. The average Bonchev–Trinajstić information content (AvgIpc) is 3.41. The Kier molecular flexibility index (Phi) is 7.38. The first-order chi connectivity index (χ1) is 16.3. The molecule has 5 nitrogen and oxygen atoms in total. The fourth-order valence-corrected chi connectivity index (χ4v) is 4.79. The molecule has 0 amide bonds. The number of fused-ring (bicyclic) bond motifs is 1. The molecule has 0 aliphatic carbocycles. The van der Waals surface area contributed by atoms with E-state index in [1.54, 1.807) is 11.8 Å². The third-order valence-corrected chi connectivity index (χ3v) is 6.57. The fraction of sp³-hybridized carbons (Fsp3) is 0.296. The largest absolute Gasteiger partial charge is 0.462 e. The Morgan fingerprint density at radius 1 is 0.758 bits per heavy atom. The first-order valence-corrected chi connectivity index (χ1v) is 12.2. The molecule has 2 heterocycles. The van der Waals surface area contributed by atoms with Gasteiger partial charge in [-0.3, -0.25) is 0 Å². The monoisotopic (exact) mass is 461 g/mol. The van der Waals surface area contributed by atoms with Crippen molar-refractivity contribution in [2.24, 2.45) is 4.99 Å². The molecule has 4 atom stereocenters. The standard InChI is InChI=1S/C27H27NO4S/c1-4-10-20(11-5-1)16-29-18-23-24(30-17-21-12-6-2-7-13-21)25-26(31-23)28-27(32-25)33-19-22-14-8-3-9-15-22/h1-15,23-26H,16-19H2/t23-,24-,25+,26-/m1/s1. The van der Waals surface area contributed by atoms with Crippen LogP contribution in [0.15, 0.2) is 96.0 Å². The van der Waals surface area contributed by atoms with E-state index in [0.717, 1.165) is 16.9 Å². The summed E-state index contributed by atoms with van der Waals surface area (Å²) in [5.41, 5.74) is 3.48. The average molecular weight is 462 g/mol. The molecule has 0 bridgehead atoms. The summed E-state index contributed by atoms with van der Waals surface area (Å²) in [6, 6.07) is 30.6. The molecule has 0 radical (unpaired) electrons. The summed E-state index contributed by atoms with van der Waals surface area (Å²) < 4.78 is 24.7. The molecule has 1 fully saturated rings. The van der Waals surface area contributed by atoms with Crippen LogP contribution in [0.4, 0.5) is 0 Å². The van der Waals surface area contributed by atoms with Gasteiger partial charge in [0, 0.05) is 5.75 Å². The van der Waals surface area contributed by atoms with Crippen LogP contribution in [-0.2, 0) is 37.9 Å². The number of hydrogen-bond acceptors (Lipinski definition) is 6. The predicted octanol–water partition coefficient (Wildman–Crippen LogP) is 5.20. The highest BCUT2D eigenvalue weighted by Gasteiger charge is 2.51. The molecule has 5 rings (SSSR count). The number of hydrogen-bond donors (Lipinski definition) is 0. The lowest BCUT2D eigenvalue weighted by Gasteiger charge is -2.23. The first kappa shape index (κ1) is 22.2. The molecule has 0 unspecified atom stereocenters. The van der Waals surface area contributed by atoms with Crippen molar-refractivity contribution in [2.75, 3.05) is 6.61 Å². The SMILES string of the molecule is c1ccc(COC[C@H]2O[C@H]3N=C(SCc4ccccc4)O[C@H]3[C@@H]2OCc2ccccc2)cc1. The first-order valence-electron chi connectivity index (χ1n) is 11.2. The van der Waals surface area contributed by atoms with E-state index in [-0.39, 0.29) is 24.5 Å². The zero-order valence-electron chi connectivity index (χ0n) is 18.3. The van der Waals surface area contributed by atoms with Gasteiger partial charge in [0.05, 0.1) is 19.8 Å². The topological polar surface area (TPSA) is 49.3 Å². The third-order valence-electron chi connectivity index (χ3n) is 5.64. The number of benzene rings is 3. The number of rotatable bonds is 9. The molecule has 2 aliphatic rings. The Balaban J connectivity index is 1.21. The lowest BCUT2D eigenvalue weighted by Crippen LogP contribution is -2.37. The molecule has 33 heavy (non-hydrogen) atoms. The van der Waals surface area contributed by atoms with Gasteiger partial charge in [0.25, 0.3) is 0 Å². The summed E-state index contributed by atoms with van der Waals surface area (Å²) >= 11 is 1.59. The van der Waals surface area contributed by atoms with E-state index in [1.807, 2.05) is 54.6 Å². The van der Waals surface area contributed by atoms with Gasteiger partial charge in [-0.25, -0.2) is 4.99 Å². The molecule has 3 aromatic rings. The Morgan fingerprint density at radius 3 is 2.03 bits per heavy atom. The van der Waals surface area contributed by atoms with E-state index in [0.29, 0.717) is 25.1 Å². The second-order valence-electron chi connectivity index (χ2n) is 8.08. The number of ether oxygens (including phenoxy) is 4. The minimum Gasteiger partial charge on any atom is -0.462 e. The minimum atomic E-state index is -0.366. The molecular weight excluding hydrogens is 434 g/mol. The molecule has 2 aliphatic heterocycles. The zero-order valence-corrected chi connectivity index (χ0v) is 19.1. The van der Waals surface area contributed by atoms with Crippen molar-refractivity contribution in [1.82, 2.24) is 0 Å². The highest BCUT2D eigenvalue weighted by molar-refractivity contribution is 8.12. The predicted molar refractivity (Wildman–Crippen MR) is 130 cm³/mol. The third kappa shape index (κ3) is 5.84. The van der Waals surface area contributed by atoms with Gasteiger partial charge in [-0.2, -0.15) is 0 Å². The lowest BCUT2D eigenvalue weighted by molar-refractivity contribution is -0.0772. The van der Waals surface area contributed by atoms with Crippen LogP contribution in [0.5, 0.6) is 0 Å². The van der Waals surface area contributed by atoms with Crippen molar-refractivity contribution < 1.29 is 18.9 Å². The van der Waals surface area contributed by atoms with Crippen LogP contribution in [0.2, 0.25) is 0 Å². The Bertz CT molecular complexity index is 1030. The van der Waals surface area contributed by atoms with Gasteiger partial charge in [-0.15, -0.1) is 0 Å². The van der Waals surface area contributed by atoms with Gasteiger partial charge in [0.1, 0.15) is 12.2 Å². The maximum Gasteiger partial charge on any atom is 0.249 e. The summed E-state index contributed by atoms with van der Waals surface area (Å²) in [4.78, 5) is 4.69.